The Morgan fingerprint density at radius 2 is 2.10 bits per heavy atom. The van der Waals surface area contributed by atoms with Gasteiger partial charge in [0.15, 0.2) is 0 Å². The molecule has 1 atom stereocenters. The van der Waals surface area contributed by atoms with Crippen LogP contribution in [0.3, 0.4) is 0 Å². The van der Waals surface area contributed by atoms with Crippen LogP contribution in [-0.4, -0.2) is 38.5 Å². The zero-order valence-corrected chi connectivity index (χ0v) is 17.1. The maximum atomic E-state index is 12.6. The summed E-state index contributed by atoms with van der Waals surface area (Å²) in [6.07, 6.45) is 4.91. The van der Waals surface area contributed by atoms with E-state index in [1.807, 2.05) is 25.1 Å². The van der Waals surface area contributed by atoms with Gasteiger partial charge < -0.3 is 5.32 Å². The topological polar surface area (TPSA) is 104 Å². The molecule has 0 radical (unpaired) electrons. The Hall–Kier alpha value is -2.74. The molecule has 0 spiro atoms. The minimum absolute atomic E-state index is 0.152. The summed E-state index contributed by atoms with van der Waals surface area (Å²) in [5, 5.41) is 20.8. The number of aromatic nitrogens is 2. The van der Waals surface area contributed by atoms with Gasteiger partial charge in [0.05, 0.1) is 4.92 Å². The van der Waals surface area contributed by atoms with Crippen LogP contribution < -0.4 is 5.32 Å². The number of nitro groups is 1. The maximum Gasteiger partial charge on any atom is 0.322 e. The first-order valence-electron chi connectivity index (χ1n) is 10.3. The molecule has 8 heteroatoms. The lowest BCUT2D eigenvalue weighted by Crippen LogP contribution is -2.37. The quantitative estimate of drug-likeness (QED) is 0.522. The highest BCUT2D eigenvalue weighted by Crippen LogP contribution is 2.23. The lowest BCUT2D eigenvalue weighted by molar-refractivity contribution is -0.385. The van der Waals surface area contributed by atoms with Gasteiger partial charge in [0.25, 0.3) is 5.91 Å². The molecule has 2 aromatic rings. The number of nitrogens with one attached hydrogen (secondary N) is 2. The van der Waals surface area contributed by atoms with Gasteiger partial charge in [-0.05, 0) is 43.9 Å². The number of H-pyrrole nitrogens is 1. The number of benzene rings is 1. The van der Waals surface area contributed by atoms with Gasteiger partial charge in [0.1, 0.15) is 5.69 Å². The van der Waals surface area contributed by atoms with Crippen LogP contribution in [0.5, 0.6) is 0 Å². The maximum absolute atomic E-state index is 12.6. The second kappa shape index (κ2) is 9.65. The molecule has 1 unspecified atom stereocenters. The number of rotatable bonds is 8. The van der Waals surface area contributed by atoms with E-state index in [0.29, 0.717) is 24.7 Å². The number of likely N-dealkylation sites (tertiary alicyclic amines) is 1. The zero-order valence-electron chi connectivity index (χ0n) is 17.1. The molecular weight excluding hydrogens is 370 g/mol. The first-order valence-corrected chi connectivity index (χ1v) is 10.3. The van der Waals surface area contributed by atoms with Crippen molar-refractivity contribution >= 4 is 11.6 Å². The van der Waals surface area contributed by atoms with Crippen LogP contribution in [0.25, 0.3) is 0 Å². The summed E-state index contributed by atoms with van der Waals surface area (Å²) >= 11 is 0. The van der Waals surface area contributed by atoms with E-state index in [4.69, 9.17) is 0 Å². The summed E-state index contributed by atoms with van der Waals surface area (Å²) in [6, 6.07) is 8.58. The number of hydrogen-bond donors (Lipinski definition) is 2. The highest BCUT2D eigenvalue weighted by Gasteiger charge is 2.28. The number of piperidine rings is 1. The molecule has 3 rings (SSSR count). The molecule has 1 fully saturated rings. The number of aromatic amines is 1. The molecule has 8 nitrogen and oxygen atoms in total. The van der Waals surface area contributed by atoms with Crippen molar-refractivity contribution in [1.29, 1.82) is 0 Å². The van der Waals surface area contributed by atoms with E-state index in [-0.39, 0.29) is 11.4 Å². The first-order chi connectivity index (χ1) is 14.0. The van der Waals surface area contributed by atoms with Crippen LogP contribution in [0.15, 0.2) is 24.3 Å². The van der Waals surface area contributed by atoms with E-state index in [2.05, 4.69) is 33.4 Å². The van der Waals surface area contributed by atoms with Crippen molar-refractivity contribution in [2.45, 2.75) is 65.1 Å². The van der Waals surface area contributed by atoms with Gasteiger partial charge in [-0.25, -0.2) is 0 Å². The van der Waals surface area contributed by atoms with Crippen LogP contribution in [-0.2, 0) is 19.5 Å². The fourth-order valence-electron chi connectivity index (χ4n) is 3.91. The molecule has 0 bridgehead atoms. The van der Waals surface area contributed by atoms with Crippen molar-refractivity contribution in [3.63, 3.8) is 0 Å². The van der Waals surface area contributed by atoms with Crippen LogP contribution >= 0.6 is 0 Å². The van der Waals surface area contributed by atoms with E-state index in [0.717, 1.165) is 25.1 Å². The van der Waals surface area contributed by atoms with Gasteiger partial charge in [-0.2, -0.15) is 5.10 Å². The van der Waals surface area contributed by atoms with Crippen molar-refractivity contribution in [1.82, 2.24) is 20.4 Å². The Kier molecular flexibility index (Phi) is 6.98. The molecule has 2 N–H and O–H groups in total. The van der Waals surface area contributed by atoms with Gasteiger partial charge in [0.2, 0.25) is 5.69 Å². The summed E-state index contributed by atoms with van der Waals surface area (Å²) < 4.78 is 0. The Labute approximate surface area is 170 Å². The second-order valence-corrected chi connectivity index (χ2v) is 7.67. The van der Waals surface area contributed by atoms with Gasteiger partial charge in [0, 0.05) is 19.1 Å². The number of nitrogens with zero attached hydrogens (tertiary/aromatic N) is 3. The Bertz CT molecular complexity index is 864. The van der Waals surface area contributed by atoms with Gasteiger partial charge in [-0.3, -0.25) is 24.9 Å². The van der Waals surface area contributed by atoms with Crippen molar-refractivity contribution in [3.8, 4) is 0 Å². The summed E-state index contributed by atoms with van der Waals surface area (Å²) in [6.45, 7) is 6.42. The van der Waals surface area contributed by atoms with Gasteiger partial charge >= 0.3 is 5.69 Å². The lowest BCUT2D eigenvalue weighted by Gasteiger charge is -2.33. The summed E-state index contributed by atoms with van der Waals surface area (Å²) in [5.41, 5.74) is 2.21. The number of aryl methyl sites for hydroxylation is 1. The predicted molar refractivity (Wildman–Crippen MR) is 111 cm³/mol. The Morgan fingerprint density at radius 1 is 1.34 bits per heavy atom. The summed E-state index contributed by atoms with van der Waals surface area (Å²) in [4.78, 5) is 26.0. The van der Waals surface area contributed by atoms with Crippen LogP contribution in [0.4, 0.5) is 5.69 Å². The second-order valence-electron chi connectivity index (χ2n) is 7.67. The minimum Gasteiger partial charge on any atom is -0.346 e. The van der Waals surface area contributed by atoms with Crippen molar-refractivity contribution < 1.29 is 9.72 Å². The first kappa shape index (κ1) is 21.0. The molecule has 0 aliphatic carbocycles. The molecule has 1 aliphatic rings. The summed E-state index contributed by atoms with van der Waals surface area (Å²) in [5.74, 6) is -0.531. The average molecular weight is 399 g/mol. The smallest absolute Gasteiger partial charge is 0.322 e. The van der Waals surface area contributed by atoms with Crippen molar-refractivity contribution in [3.05, 3.63) is 56.9 Å². The van der Waals surface area contributed by atoms with Crippen LogP contribution in [0.2, 0.25) is 0 Å². The van der Waals surface area contributed by atoms with E-state index in [1.54, 1.807) is 0 Å². The van der Waals surface area contributed by atoms with E-state index >= 15 is 0 Å². The third-order valence-electron chi connectivity index (χ3n) is 5.58. The fourth-order valence-corrected chi connectivity index (χ4v) is 3.91. The molecule has 0 saturated carbocycles. The standard InChI is InChI=1S/C21H29N5O3/c1-3-8-18-20(26(28)29)19(24-23-18)21(27)22-13-16-10-4-5-11-17(16)14-25-12-7-6-9-15(25)2/h4-5,10-11,15H,3,6-9,12-14H2,1-2H3,(H,22,27)(H,23,24). The van der Waals surface area contributed by atoms with Crippen LogP contribution in [0, 0.1) is 10.1 Å². The number of carbonyl (C=O) groups excluding carboxylic acids is 1. The predicted octanol–water partition coefficient (Wildman–Crippen LogP) is 3.57. The van der Waals surface area contributed by atoms with Gasteiger partial charge in [-0.15, -0.1) is 0 Å². The highest BCUT2D eigenvalue weighted by atomic mass is 16.6. The number of carbonyl (C=O) groups is 1. The molecule has 1 saturated heterocycles. The number of amides is 1. The van der Waals surface area contributed by atoms with E-state index < -0.39 is 10.8 Å². The third-order valence-corrected chi connectivity index (χ3v) is 5.58. The molecule has 29 heavy (non-hydrogen) atoms. The van der Waals surface area contributed by atoms with Crippen molar-refractivity contribution in [2.75, 3.05) is 6.54 Å². The summed E-state index contributed by atoms with van der Waals surface area (Å²) in [7, 11) is 0. The SMILES string of the molecule is CCCc1[nH]nc(C(=O)NCc2ccccc2CN2CCCCC2C)c1[N+](=O)[O-]. The largest absolute Gasteiger partial charge is 0.346 e. The molecule has 156 valence electrons. The van der Waals surface area contributed by atoms with Gasteiger partial charge in [-0.1, -0.05) is 44.0 Å². The molecule has 1 aliphatic heterocycles. The normalized spacial score (nSPS) is 17.2. The average Bonchev–Trinajstić information content (AvgIpc) is 3.13. The molecule has 1 aromatic carbocycles. The monoisotopic (exact) mass is 399 g/mol. The fraction of sp³-hybridized carbons (Fsp3) is 0.524. The van der Waals surface area contributed by atoms with E-state index in [9.17, 15) is 14.9 Å². The highest BCUT2D eigenvalue weighted by molar-refractivity contribution is 5.96. The lowest BCUT2D eigenvalue weighted by atomic mass is 10.0. The Balaban J connectivity index is 1.70. The molecule has 2 heterocycles. The molecule has 1 aromatic heterocycles. The Morgan fingerprint density at radius 3 is 2.79 bits per heavy atom. The third kappa shape index (κ3) is 5.00. The molecule has 1 amide bonds. The zero-order chi connectivity index (χ0) is 20.8. The number of hydrogen-bond acceptors (Lipinski definition) is 5. The minimum atomic E-state index is -0.533. The molecular formula is C21H29N5O3. The van der Waals surface area contributed by atoms with Crippen molar-refractivity contribution in [2.24, 2.45) is 0 Å². The van der Waals surface area contributed by atoms with Crippen LogP contribution in [0.1, 0.15) is 66.8 Å². The van der Waals surface area contributed by atoms with E-state index in [1.165, 1.54) is 24.8 Å².